The molecule has 0 saturated carbocycles. The van der Waals surface area contributed by atoms with Gasteiger partial charge in [-0.25, -0.2) is 4.98 Å². The lowest BCUT2D eigenvalue weighted by Gasteiger charge is -2.13. The van der Waals surface area contributed by atoms with Crippen molar-refractivity contribution in [3.05, 3.63) is 64.8 Å². The zero-order valence-corrected chi connectivity index (χ0v) is 15.8. The van der Waals surface area contributed by atoms with Crippen LogP contribution in [0, 0.1) is 11.3 Å². The summed E-state index contributed by atoms with van der Waals surface area (Å²) in [7, 11) is 1.54. The predicted octanol–water partition coefficient (Wildman–Crippen LogP) is 3.00. The molecular weight excluding hydrogens is 368 g/mol. The number of pyridine rings is 1. The van der Waals surface area contributed by atoms with E-state index in [2.05, 4.69) is 0 Å². The van der Waals surface area contributed by atoms with Gasteiger partial charge in [0.2, 0.25) is 0 Å². The lowest BCUT2D eigenvalue weighted by Crippen LogP contribution is -2.24. The number of nitriles is 1. The van der Waals surface area contributed by atoms with E-state index in [1.807, 2.05) is 36.4 Å². The fraction of sp³-hybridized carbons (Fsp3) is 0.174. The van der Waals surface area contributed by atoms with E-state index in [0.29, 0.717) is 40.9 Å². The minimum absolute atomic E-state index is 0.0623. The molecule has 144 valence electrons. The van der Waals surface area contributed by atoms with Crippen LogP contribution in [0.1, 0.15) is 33.6 Å². The van der Waals surface area contributed by atoms with Crippen molar-refractivity contribution in [2.24, 2.45) is 0 Å². The number of ether oxygens (including phenoxy) is 2. The number of carboxylic acids is 1. The van der Waals surface area contributed by atoms with Crippen LogP contribution < -0.4 is 14.6 Å². The Morgan fingerprint density at radius 1 is 1.24 bits per heavy atom. The van der Waals surface area contributed by atoms with Gasteiger partial charge < -0.3 is 19.4 Å². The summed E-state index contributed by atoms with van der Waals surface area (Å²) >= 11 is 0. The second-order valence-electron chi connectivity index (χ2n) is 6.65. The molecule has 0 unspecified atom stereocenters. The molecule has 0 bridgehead atoms. The number of rotatable bonds is 5. The Balaban J connectivity index is 1.79. The van der Waals surface area contributed by atoms with Gasteiger partial charge in [0.05, 0.1) is 24.3 Å². The summed E-state index contributed by atoms with van der Waals surface area (Å²) in [4.78, 5) is 16.6. The van der Waals surface area contributed by atoms with Crippen LogP contribution in [0.5, 0.6) is 11.5 Å². The third-order valence-corrected chi connectivity index (χ3v) is 4.97. The maximum Gasteiger partial charge on any atom is 0.174 e. The number of fused-ring (bicyclic) bond motifs is 2. The van der Waals surface area contributed by atoms with Crippen molar-refractivity contribution in [2.45, 2.75) is 12.8 Å². The van der Waals surface area contributed by atoms with Crippen LogP contribution in [-0.2, 0) is 6.42 Å². The van der Waals surface area contributed by atoms with E-state index < -0.39 is 5.97 Å². The smallest absolute Gasteiger partial charge is 0.174 e. The first-order valence-corrected chi connectivity index (χ1v) is 9.14. The number of hydrogen-bond acceptors (Lipinski definition) is 6. The minimum Gasteiger partial charge on any atom is -0.545 e. The first-order valence-electron chi connectivity index (χ1n) is 9.14. The number of para-hydroxylation sites is 1. The van der Waals surface area contributed by atoms with Gasteiger partial charge in [-0.05, 0) is 53.8 Å². The van der Waals surface area contributed by atoms with Gasteiger partial charge in [0.1, 0.15) is 6.07 Å². The topological polar surface area (TPSA) is 95.3 Å². The molecule has 6 heteroatoms. The highest BCUT2D eigenvalue weighted by Gasteiger charge is 2.24. The Bertz CT molecular complexity index is 1190. The predicted molar refractivity (Wildman–Crippen MR) is 106 cm³/mol. The molecule has 0 N–H and O–H groups in total. The highest BCUT2D eigenvalue weighted by Crippen LogP contribution is 2.38. The molecule has 0 amide bonds. The molecule has 0 saturated heterocycles. The highest BCUT2D eigenvalue weighted by atomic mass is 16.5. The lowest BCUT2D eigenvalue weighted by atomic mass is 10.0. The monoisotopic (exact) mass is 385 g/mol. The first-order chi connectivity index (χ1) is 14.1. The fourth-order valence-corrected chi connectivity index (χ4v) is 3.72. The van der Waals surface area contributed by atoms with Gasteiger partial charge in [-0.2, -0.15) is 5.26 Å². The standard InChI is InChI=1S/C23H18N2O4/c1-28-20-13-14(6-9-19(20)29-11-10-24)12-15-7-8-17-21(23(26)27)16-4-2-3-5-18(16)25-22(15)17/h2-6,9,12-13H,7-8,11H2,1H3,(H,26,27)/p-1/b15-12+. The summed E-state index contributed by atoms with van der Waals surface area (Å²) in [5.74, 6) is -0.164. The van der Waals surface area contributed by atoms with Crippen molar-refractivity contribution in [1.82, 2.24) is 4.98 Å². The van der Waals surface area contributed by atoms with Crippen molar-refractivity contribution in [3.8, 4) is 17.6 Å². The maximum atomic E-state index is 11.8. The number of carbonyl (C=O) groups excluding carboxylic acids is 1. The largest absolute Gasteiger partial charge is 0.545 e. The summed E-state index contributed by atoms with van der Waals surface area (Å²) in [6.45, 7) is -0.0623. The van der Waals surface area contributed by atoms with Gasteiger partial charge in [-0.15, -0.1) is 0 Å². The van der Waals surface area contributed by atoms with Gasteiger partial charge >= 0.3 is 0 Å². The third-order valence-electron chi connectivity index (χ3n) is 4.97. The molecule has 29 heavy (non-hydrogen) atoms. The van der Waals surface area contributed by atoms with E-state index in [1.54, 1.807) is 18.2 Å². The number of nitrogens with zero attached hydrogens (tertiary/aromatic N) is 2. The molecule has 3 aromatic rings. The van der Waals surface area contributed by atoms with Crippen molar-refractivity contribution < 1.29 is 19.4 Å². The molecule has 0 atom stereocenters. The van der Waals surface area contributed by atoms with Gasteiger partial charge in [-0.3, -0.25) is 0 Å². The maximum absolute atomic E-state index is 11.8. The molecule has 1 aliphatic carbocycles. The average Bonchev–Trinajstić information content (AvgIpc) is 3.12. The third kappa shape index (κ3) is 3.39. The molecule has 2 aromatic carbocycles. The molecular formula is C23H17N2O4-. The van der Waals surface area contributed by atoms with Crippen molar-refractivity contribution in [2.75, 3.05) is 13.7 Å². The minimum atomic E-state index is -1.18. The molecule has 4 rings (SSSR count). The van der Waals surface area contributed by atoms with Crippen LogP contribution in [-0.4, -0.2) is 24.7 Å². The Kier molecular flexibility index (Phi) is 4.88. The highest BCUT2D eigenvalue weighted by molar-refractivity contribution is 6.05. The average molecular weight is 385 g/mol. The van der Waals surface area contributed by atoms with Crippen LogP contribution in [0.2, 0.25) is 0 Å². The van der Waals surface area contributed by atoms with E-state index >= 15 is 0 Å². The van der Waals surface area contributed by atoms with Crippen molar-refractivity contribution in [3.63, 3.8) is 0 Å². The number of hydrogen-bond donors (Lipinski definition) is 0. The van der Waals surface area contributed by atoms with Gasteiger partial charge in [-0.1, -0.05) is 24.3 Å². The molecule has 0 fully saturated rings. The van der Waals surface area contributed by atoms with Crippen LogP contribution in [0.3, 0.4) is 0 Å². The van der Waals surface area contributed by atoms with Gasteiger partial charge in [0.25, 0.3) is 0 Å². The molecule has 0 spiro atoms. The summed E-state index contributed by atoms with van der Waals surface area (Å²) in [5.41, 5.74) is 4.12. The number of methoxy groups -OCH3 is 1. The van der Waals surface area contributed by atoms with Crippen LogP contribution in [0.4, 0.5) is 0 Å². The molecule has 1 heterocycles. The summed E-state index contributed by atoms with van der Waals surface area (Å²) in [6.07, 6.45) is 3.26. The summed E-state index contributed by atoms with van der Waals surface area (Å²) < 4.78 is 10.7. The molecule has 1 aromatic heterocycles. The molecule has 6 nitrogen and oxygen atoms in total. The van der Waals surface area contributed by atoms with Crippen LogP contribution >= 0.6 is 0 Å². The van der Waals surface area contributed by atoms with E-state index in [-0.39, 0.29) is 12.2 Å². The molecule has 0 aliphatic heterocycles. The SMILES string of the molecule is COc1cc(/C=C2\CCc3c2nc2ccccc2c3C(=O)[O-])ccc1OCC#N. The molecule has 0 radical (unpaired) electrons. The fourth-order valence-electron chi connectivity index (χ4n) is 3.72. The molecule has 1 aliphatic rings. The van der Waals surface area contributed by atoms with Gasteiger partial charge in [0, 0.05) is 10.9 Å². The number of allylic oxidation sites excluding steroid dienone is 1. The van der Waals surface area contributed by atoms with Crippen molar-refractivity contribution in [1.29, 1.82) is 5.26 Å². The van der Waals surface area contributed by atoms with Crippen LogP contribution in [0.15, 0.2) is 42.5 Å². The summed E-state index contributed by atoms with van der Waals surface area (Å²) in [5, 5.41) is 21.1. The zero-order chi connectivity index (χ0) is 20.4. The number of aromatic nitrogens is 1. The second-order valence-corrected chi connectivity index (χ2v) is 6.65. The number of carbonyl (C=O) groups is 1. The Labute approximate surface area is 167 Å². The number of carboxylic acid groups (broad SMARTS) is 1. The normalized spacial score (nSPS) is 13.9. The second kappa shape index (κ2) is 7.64. The summed E-state index contributed by atoms with van der Waals surface area (Å²) in [6, 6.07) is 14.6. The van der Waals surface area contributed by atoms with E-state index in [1.165, 1.54) is 7.11 Å². The number of benzene rings is 2. The van der Waals surface area contributed by atoms with E-state index in [0.717, 1.165) is 16.7 Å². The van der Waals surface area contributed by atoms with E-state index in [4.69, 9.17) is 19.7 Å². The van der Waals surface area contributed by atoms with E-state index in [9.17, 15) is 9.90 Å². The zero-order valence-electron chi connectivity index (χ0n) is 15.8. The van der Waals surface area contributed by atoms with Crippen LogP contribution in [0.25, 0.3) is 22.6 Å². The van der Waals surface area contributed by atoms with Gasteiger partial charge in [0.15, 0.2) is 18.1 Å². The number of aromatic carboxylic acids is 1. The Morgan fingerprint density at radius 3 is 2.83 bits per heavy atom. The quantitative estimate of drug-likeness (QED) is 0.670. The van der Waals surface area contributed by atoms with Crippen molar-refractivity contribution >= 4 is 28.5 Å². The Morgan fingerprint density at radius 2 is 2.07 bits per heavy atom. The lowest BCUT2D eigenvalue weighted by molar-refractivity contribution is -0.254. The first kappa shape index (κ1) is 18.5. The Hall–Kier alpha value is -3.85.